The highest BCUT2D eigenvalue weighted by Gasteiger charge is 2.62. The van der Waals surface area contributed by atoms with Gasteiger partial charge in [-0.25, -0.2) is 14.6 Å². The normalized spacial score (nSPS) is 24.3. The summed E-state index contributed by atoms with van der Waals surface area (Å²) in [7, 11) is 1.54. The number of hydrogen-bond acceptors (Lipinski definition) is 9. The van der Waals surface area contributed by atoms with Crippen LogP contribution in [0.15, 0.2) is 37.1 Å². The van der Waals surface area contributed by atoms with E-state index in [0.717, 1.165) is 5.39 Å². The highest BCUT2D eigenvalue weighted by Crippen LogP contribution is 2.46. The third-order valence-electron chi connectivity index (χ3n) is 8.67. The van der Waals surface area contributed by atoms with Crippen molar-refractivity contribution in [2.75, 3.05) is 20.3 Å². The Bertz CT molecular complexity index is 1580. The van der Waals surface area contributed by atoms with Crippen LogP contribution in [0.25, 0.3) is 10.8 Å². The molecule has 2 aliphatic rings. The average Bonchev–Trinajstić information content (AvgIpc) is 3.61. The second-order valence-electron chi connectivity index (χ2n) is 14.4. The van der Waals surface area contributed by atoms with Crippen molar-refractivity contribution in [1.82, 2.24) is 20.5 Å². The number of carbonyl (C=O) groups is 4. The molecule has 0 bridgehead atoms. The van der Waals surface area contributed by atoms with Gasteiger partial charge in [0.05, 0.1) is 26.5 Å². The van der Waals surface area contributed by atoms with Gasteiger partial charge in [-0.2, -0.15) is 0 Å². The van der Waals surface area contributed by atoms with Crippen molar-refractivity contribution in [3.63, 3.8) is 0 Å². The molecule has 1 aromatic heterocycles. The molecule has 6 atom stereocenters. The zero-order valence-electron chi connectivity index (χ0n) is 29.1. The lowest BCUT2D eigenvalue weighted by atomic mass is 9.85. The summed E-state index contributed by atoms with van der Waals surface area (Å²) in [5, 5.41) is 7.40. The van der Waals surface area contributed by atoms with Crippen molar-refractivity contribution < 1.29 is 38.1 Å². The predicted octanol–water partition coefficient (Wildman–Crippen LogP) is 5.05. The number of alkyl carbamates (subject to hydrolysis) is 1. The van der Waals surface area contributed by atoms with Gasteiger partial charge in [0, 0.05) is 27.6 Å². The molecule has 2 heterocycles. The molecule has 0 radical (unpaired) electrons. The molecule has 3 amide bonds. The van der Waals surface area contributed by atoms with Crippen LogP contribution in [0.1, 0.15) is 61.8 Å². The number of aromatic nitrogens is 1. The number of ether oxygens (including phenoxy) is 4. The lowest BCUT2D eigenvalue weighted by Crippen LogP contribution is -2.60. The van der Waals surface area contributed by atoms with Gasteiger partial charge in [-0.15, -0.1) is 6.58 Å². The van der Waals surface area contributed by atoms with Crippen molar-refractivity contribution in [2.45, 2.75) is 91.1 Å². The summed E-state index contributed by atoms with van der Waals surface area (Å²) in [6.07, 6.45) is 1.97. The minimum atomic E-state index is -1.29. The maximum absolute atomic E-state index is 14.5. The van der Waals surface area contributed by atoms with Crippen LogP contribution < -0.4 is 20.1 Å². The number of esters is 1. The van der Waals surface area contributed by atoms with Crippen molar-refractivity contribution >= 4 is 46.3 Å². The van der Waals surface area contributed by atoms with Crippen LogP contribution in [0.3, 0.4) is 0 Å². The number of rotatable bonds is 10. The SMILES string of the molecule is C=C[C@@H]1C[C@]1(NC(=O)[C@@H]1[C@H](C)[C@@H](Oc2ncc(OC)c3ccc(Cl)cc23)CN1C(=O)[C@@H](NC(=O)OC(C)(C)C)C(C)(C)C)C(=O)OCC. The van der Waals surface area contributed by atoms with E-state index >= 15 is 0 Å². The number of fused-ring (bicyclic) bond motifs is 1. The molecule has 12 nitrogen and oxygen atoms in total. The molecule has 1 aliphatic heterocycles. The number of hydrogen-bond donors (Lipinski definition) is 2. The van der Waals surface area contributed by atoms with Gasteiger partial charge in [0.2, 0.25) is 17.7 Å². The van der Waals surface area contributed by atoms with E-state index in [2.05, 4.69) is 22.2 Å². The van der Waals surface area contributed by atoms with E-state index in [9.17, 15) is 19.2 Å². The standard InChI is InChI=1S/C35H47ClN4O8/c1-11-20-16-35(20,31(43)46-12-2)39-28(41)26-19(3)25(47-29-23-15-21(36)13-14-22(23)24(45-10)17-37-29)18-40(26)30(42)27(33(4,5)6)38-32(44)48-34(7,8)9/h11,13-15,17,19-20,25-27H,1,12,16,18H2,2-10H3,(H,38,44)(H,39,41)/t19-,20-,25+,26+,27-,35-/m1/s1. The summed E-state index contributed by atoms with van der Waals surface area (Å²) in [6.45, 7) is 18.0. The van der Waals surface area contributed by atoms with E-state index < -0.39 is 64.5 Å². The number of nitrogens with zero attached hydrogens (tertiary/aromatic N) is 2. The molecule has 1 saturated carbocycles. The Balaban J connectivity index is 1.73. The molecule has 2 aromatic rings. The van der Waals surface area contributed by atoms with Crippen LogP contribution in [0.4, 0.5) is 4.79 Å². The first-order valence-corrected chi connectivity index (χ1v) is 16.4. The lowest BCUT2D eigenvalue weighted by Gasteiger charge is -2.36. The van der Waals surface area contributed by atoms with E-state index in [0.29, 0.717) is 22.6 Å². The van der Waals surface area contributed by atoms with Crippen LogP contribution >= 0.6 is 11.6 Å². The minimum absolute atomic E-state index is 0.0201. The molecule has 1 saturated heterocycles. The zero-order chi connectivity index (χ0) is 35.8. The van der Waals surface area contributed by atoms with Crippen molar-refractivity contribution in [3.8, 4) is 11.6 Å². The van der Waals surface area contributed by atoms with Crippen LogP contribution in [0, 0.1) is 17.3 Å². The van der Waals surface area contributed by atoms with Crippen LogP contribution in [0.5, 0.6) is 11.6 Å². The third-order valence-corrected chi connectivity index (χ3v) is 8.90. The second kappa shape index (κ2) is 13.8. The maximum Gasteiger partial charge on any atom is 0.408 e. The summed E-state index contributed by atoms with van der Waals surface area (Å²) in [5.74, 6) is -1.78. The van der Waals surface area contributed by atoms with Gasteiger partial charge in [0.15, 0.2) is 0 Å². The molecular formula is C35H47ClN4O8. The van der Waals surface area contributed by atoms with Gasteiger partial charge in [-0.3, -0.25) is 9.59 Å². The monoisotopic (exact) mass is 686 g/mol. The number of nitrogens with one attached hydrogen (secondary N) is 2. The molecule has 1 aliphatic carbocycles. The maximum atomic E-state index is 14.5. The Hall–Kier alpha value is -4.06. The van der Waals surface area contributed by atoms with Gasteiger partial charge in [0.25, 0.3) is 0 Å². The fourth-order valence-electron chi connectivity index (χ4n) is 6.07. The molecule has 1 aromatic carbocycles. The molecule has 2 N–H and O–H groups in total. The number of halogens is 1. The number of benzene rings is 1. The van der Waals surface area contributed by atoms with Crippen LogP contribution in [-0.4, -0.2) is 83.3 Å². The van der Waals surface area contributed by atoms with E-state index in [1.165, 1.54) is 18.2 Å². The smallest absolute Gasteiger partial charge is 0.408 e. The predicted molar refractivity (Wildman–Crippen MR) is 181 cm³/mol. The topological polar surface area (TPSA) is 145 Å². The first kappa shape index (κ1) is 36.8. The van der Waals surface area contributed by atoms with Crippen molar-refractivity contribution in [3.05, 3.63) is 42.1 Å². The third kappa shape index (κ3) is 7.64. The number of methoxy groups -OCH3 is 1. The summed E-state index contributed by atoms with van der Waals surface area (Å²) >= 11 is 6.34. The molecule has 0 unspecified atom stereocenters. The van der Waals surface area contributed by atoms with Gasteiger partial charge in [-0.05, 0) is 57.7 Å². The average molecular weight is 687 g/mol. The largest absolute Gasteiger partial charge is 0.494 e. The molecule has 262 valence electrons. The minimum Gasteiger partial charge on any atom is -0.494 e. The summed E-state index contributed by atoms with van der Waals surface area (Å²) < 4.78 is 22.7. The molecular weight excluding hydrogens is 640 g/mol. The van der Waals surface area contributed by atoms with Gasteiger partial charge in [0.1, 0.15) is 35.1 Å². The van der Waals surface area contributed by atoms with Crippen LogP contribution in [-0.2, 0) is 23.9 Å². The van der Waals surface area contributed by atoms with Gasteiger partial charge < -0.3 is 34.5 Å². The number of likely N-dealkylation sites (tertiary alicyclic amines) is 1. The Morgan fingerprint density at radius 1 is 1.17 bits per heavy atom. The summed E-state index contributed by atoms with van der Waals surface area (Å²) in [4.78, 5) is 60.6. The quantitative estimate of drug-likeness (QED) is 0.259. The first-order valence-electron chi connectivity index (χ1n) is 16.1. The fourth-order valence-corrected chi connectivity index (χ4v) is 6.24. The first-order chi connectivity index (χ1) is 22.4. The van der Waals surface area contributed by atoms with Crippen molar-refractivity contribution in [1.29, 1.82) is 0 Å². The highest BCUT2D eigenvalue weighted by atomic mass is 35.5. The Labute approximate surface area is 286 Å². The zero-order valence-corrected chi connectivity index (χ0v) is 29.9. The summed E-state index contributed by atoms with van der Waals surface area (Å²) in [5.41, 5.74) is -2.87. The fraction of sp³-hybridized carbons (Fsp3) is 0.571. The van der Waals surface area contributed by atoms with E-state index in [1.807, 2.05) is 0 Å². The molecule has 0 spiro atoms. The van der Waals surface area contributed by atoms with Gasteiger partial charge >= 0.3 is 12.1 Å². The second-order valence-corrected chi connectivity index (χ2v) is 14.9. The van der Waals surface area contributed by atoms with Crippen LogP contribution in [0.2, 0.25) is 5.02 Å². The Kier molecular flexibility index (Phi) is 10.6. The highest BCUT2D eigenvalue weighted by molar-refractivity contribution is 6.31. The van der Waals surface area contributed by atoms with E-state index in [4.69, 9.17) is 30.5 Å². The number of amides is 3. The van der Waals surface area contributed by atoms with Crippen molar-refractivity contribution in [2.24, 2.45) is 17.3 Å². The van der Waals surface area contributed by atoms with Gasteiger partial charge in [-0.1, -0.05) is 45.4 Å². The lowest BCUT2D eigenvalue weighted by molar-refractivity contribution is -0.150. The van der Waals surface area contributed by atoms with E-state index in [-0.39, 0.29) is 24.9 Å². The molecule has 2 fully saturated rings. The molecule has 4 rings (SSSR count). The van der Waals surface area contributed by atoms with E-state index in [1.54, 1.807) is 79.7 Å². The molecule has 48 heavy (non-hydrogen) atoms. The molecule has 13 heteroatoms. The number of carbonyl (C=O) groups excluding carboxylic acids is 4. The number of pyridine rings is 1. The summed E-state index contributed by atoms with van der Waals surface area (Å²) in [6, 6.07) is 3.08. The Morgan fingerprint density at radius 3 is 2.42 bits per heavy atom. The Morgan fingerprint density at radius 2 is 1.85 bits per heavy atom.